The van der Waals surface area contributed by atoms with Gasteiger partial charge in [-0.15, -0.1) is 0 Å². The fourth-order valence-electron chi connectivity index (χ4n) is 2.58. The van der Waals surface area contributed by atoms with Crippen LogP contribution in [0.3, 0.4) is 0 Å². The molecule has 4 heteroatoms. The monoisotopic (exact) mass is 284 g/mol. The van der Waals surface area contributed by atoms with Gasteiger partial charge in [0.1, 0.15) is 5.75 Å². The molecule has 0 radical (unpaired) electrons. The molecule has 0 spiro atoms. The number of unbranched alkanes of at least 4 members (excludes halogenated alkanes) is 1. The number of ether oxygens (including phenoxy) is 1. The van der Waals surface area contributed by atoms with E-state index in [2.05, 4.69) is 0 Å². The summed E-state index contributed by atoms with van der Waals surface area (Å²) in [5, 5.41) is 17.8. The van der Waals surface area contributed by atoms with E-state index in [0.717, 1.165) is 25.0 Å². The van der Waals surface area contributed by atoms with Gasteiger partial charge in [0.15, 0.2) is 5.06 Å². The normalized spacial score (nSPS) is 30.5. The molecular formula is C15H21ClO3. The highest BCUT2D eigenvalue weighted by molar-refractivity contribution is 6.23. The summed E-state index contributed by atoms with van der Waals surface area (Å²) in [6.07, 6.45) is 3.26. The van der Waals surface area contributed by atoms with Crippen molar-refractivity contribution in [2.75, 3.05) is 6.61 Å². The number of benzene rings is 1. The molecule has 0 amide bonds. The van der Waals surface area contributed by atoms with Crippen molar-refractivity contribution >= 4 is 11.6 Å². The summed E-state index contributed by atoms with van der Waals surface area (Å²) >= 11 is 5.81. The highest BCUT2D eigenvalue weighted by atomic mass is 35.5. The Kier molecular flexibility index (Phi) is 5.08. The summed E-state index contributed by atoms with van der Waals surface area (Å²) < 4.78 is 5.61. The second kappa shape index (κ2) is 6.60. The van der Waals surface area contributed by atoms with Gasteiger partial charge < -0.3 is 14.9 Å². The van der Waals surface area contributed by atoms with Crippen LogP contribution in [0.5, 0.6) is 5.75 Å². The maximum atomic E-state index is 9.68. The summed E-state index contributed by atoms with van der Waals surface area (Å²) in [5.74, 6) is 1.21. The van der Waals surface area contributed by atoms with Crippen LogP contribution < -0.4 is 4.74 Å². The van der Waals surface area contributed by atoms with Crippen LogP contribution in [0.25, 0.3) is 0 Å². The molecule has 1 aromatic carbocycles. The third-order valence-electron chi connectivity index (χ3n) is 3.66. The second-order valence-corrected chi connectivity index (χ2v) is 5.95. The Hall–Kier alpha value is -0.770. The van der Waals surface area contributed by atoms with Gasteiger partial charge in [0.2, 0.25) is 0 Å². The van der Waals surface area contributed by atoms with E-state index in [1.807, 2.05) is 30.3 Å². The van der Waals surface area contributed by atoms with Crippen LogP contribution in [0.1, 0.15) is 32.1 Å². The quantitative estimate of drug-likeness (QED) is 0.624. The zero-order chi connectivity index (χ0) is 13.7. The van der Waals surface area contributed by atoms with E-state index in [4.69, 9.17) is 16.3 Å². The number of alkyl halides is 1. The Morgan fingerprint density at radius 2 is 2.00 bits per heavy atom. The van der Waals surface area contributed by atoms with Gasteiger partial charge in [0, 0.05) is 0 Å². The third-order valence-corrected chi connectivity index (χ3v) is 4.07. The molecule has 0 bridgehead atoms. The number of hydrogen-bond donors (Lipinski definition) is 2. The van der Waals surface area contributed by atoms with Crippen LogP contribution in [-0.2, 0) is 0 Å². The lowest BCUT2D eigenvalue weighted by atomic mass is 10.0. The van der Waals surface area contributed by atoms with Gasteiger partial charge in [0.05, 0.1) is 12.7 Å². The molecule has 0 aliphatic heterocycles. The summed E-state index contributed by atoms with van der Waals surface area (Å²) in [5.41, 5.74) is 0. The molecule has 1 aliphatic rings. The van der Waals surface area contributed by atoms with Crippen molar-refractivity contribution in [1.29, 1.82) is 0 Å². The SMILES string of the molecule is OC1CC(CCCCOc2ccccc2)CC1(O)Cl. The predicted octanol–water partition coefficient (Wildman–Crippen LogP) is 2.93. The van der Waals surface area contributed by atoms with Gasteiger partial charge in [-0.3, -0.25) is 0 Å². The number of aliphatic hydroxyl groups is 2. The zero-order valence-electron chi connectivity index (χ0n) is 11.0. The fourth-order valence-corrected chi connectivity index (χ4v) is 2.89. The lowest BCUT2D eigenvalue weighted by Gasteiger charge is -2.17. The molecule has 0 heterocycles. The van der Waals surface area contributed by atoms with Gasteiger partial charge in [-0.25, -0.2) is 0 Å². The molecule has 19 heavy (non-hydrogen) atoms. The lowest BCUT2D eigenvalue weighted by Crippen LogP contribution is -2.30. The average Bonchev–Trinajstić information content (AvgIpc) is 2.64. The summed E-state index contributed by atoms with van der Waals surface area (Å²) in [4.78, 5) is 0. The molecular weight excluding hydrogens is 264 g/mol. The van der Waals surface area contributed by atoms with Crippen molar-refractivity contribution in [3.8, 4) is 5.75 Å². The summed E-state index contributed by atoms with van der Waals surface area (Å²) in [6, 6.07) is 9.76. The molecule has 2 rings (SSSR count). The van der Waals surface area contributed by atoms with Crippen molar-refractivity contribution in [3.05, 3.63) is 30.3 Å². The van der Waals surface area contributed by atoms with E-state index in [1.165, 1.54) is 0 Å². The minimum atomic E-state index is -1.41. The molecule has 1 aliphatic carbocycles. The Morgan fingerprint density at radius 1 is 1.26 bits per heavy atom. The molecule has 1 saturated carbocycles. The van der Waals surface area contributed by atoms with Crippen molar-refractivity contribution in [2.24, 2.45) is 5.92 Å². The van der Waals surface area contributed by atoms with Crippen LogP contribution in [0.4, 0.5) is 0 Å². The van der Waals surface area contributed by atoms with Crippen molar-refractivity contribution in [3.63, 3.8) is 0 Å². The van der Waals surface area contributed by atoms with Crippen LogP contribution in [0.2, 0.25) is 0 Å². The van der Waals surface area contributed by atoms with E-state index < -0.39 is 11.2 Å². The van der Waals surface area contributed by atoms with E-state index in [9.17, 15) is 10.2 Å². The first-order valence-electron chi connectivity index (χ1n) is 6.85. The van der Waals surface area contributed by atoms with Gasteiger partial charge in [-0.2, -0.15) is 0 Å². The smallest absolute Gasteiger partial charge is 0.164 e. The van der Waals surface area contributed by atoms with Crippen molar-refractivity contribution < 1.29 is 14.9 Å². The maximum Gasteiger partial charge on any atom is 0.164 e. The number of halogens is 1. The molecule has 0 saturated heterocycles. The van der Waals surface area contributed by atoms with Gasteiger partial charge in [-0.1, -0.05) is 36.2 Å². The van der Waals surface area contributed by atoms with Crippen molar-refractivity contribution in [2.45, 2.75) is 43.3 Å². The molecule has 1 aromatic rings. The summed E-state index contributed by atoms with van der Waals surface area (Å²) in [6.45, 7) is 0.699. The largest absolute Gasteiger partial charge is 0.494 e. The van der Waals surface area contributed by atoms with E-state index >= 15 is 0 Å². The average molecular weight is 285 g/mol. The molecule has 3 nitrogen and oxygen atoms in total. The minimum Gasteiger partial charge on any atom is -0.494 e. The molecule has 3 unspecified atom stereocenters. The van der Waals surface area contributed by atoms with E-state index in [1.54, 1.807) is 0 Å². The highest BCUT2D eigenvalue weighted by Gasteiger charge is 2.43. The molecule has 0 aromatic heterocycles. The fraction of sp³-hybridized carbons (Fsp3) is 0.600. The number of para-hydroxylation sites is 1. The molecule has 3 atom stereocenters. The van der Waals surface area contributed by atoms with Gasteiger partial charge in [0.25, 0.3) is 0 Å². The summed E-state index contributed by atoms with van der Waals surface area (Å²) in [7, 11) is 0. The predicted molar refractivity (Wildman–Crippen MR) is 75.3 cm³/mol. The van der Waals surface area contributed by atoms with Crippen molar-refractivity contribution in [1.82, 2.24) is 0 Å². The maximum absolute atomic E-state index is 9.68. The topological polar surface area (TPSA) is 49.7 Å². The highest BCUT2D eigenvalue weighted by Crippen LogP contribution is 2.40. The number of aliphatic hydroxyl groups excluding tert-OH is 1. The first kappa shape index (κ1) is 14.6. The van der Waals surface area contributed by atoms with Crippen LogP contribution >= 0.6 is 11.6 Å². The van der Waals surface area contributed by atoms with Crippen LogP contribution in [0, 0.1) is 5.92 Å². The molecule has 2 N–H and O–H groups in total. The Bertz CT molecular complexity index is 380. The number of hydrogen-bond acceptors (Lipinski definition) is 3. The molecule has 1 fully saturated rings. The Labute approximate surface area is 119 Å². The van der Waals surface area contributed by atoms with E-state index in [-0.39, 0.29) is 0 Å². The lowest BCUT2D eigenvalue weighted by molar-refractivity contribution is 0.0111. The van der Waals surface area contributed by atoms with Crippen LogP contribution in [-0.4, -0.2) is 28.0 Å². The Balaban J connectivity index is 1.58. The van der Waals surface area contributed by atoms with Gasteiger partial charge in [-0.05, 0) is 43.7 Å². The van der Waals surface area contributed by atoms with Gasteiger partial charge >= 0.3 is 0 Å². The Morgan fingerprint density at radius 3 is 2.63 bits per heavy atom. The van der Waals surface area contributed by atoms with Crippen LogP contribution in [0.15, 0.2) is 30.3 Å². The standard InChI is InChI=1S/C15H21ClO3/c16-15(18)11-12(10-14(15)17)6-4-5-9-19-13-7-2-1-3-8-13/h1-3,7-8,12,14,17-18H,4-6,9-11H2. The molecule has 106 valence electrons. The first-order chi connectivity index (χ1) is 9.08. The minimum absolute atomic E-state index is 0.314. The third kappa shape index (κ3) is 4.37. The zero-order valence-corrected chi connectivity index (χ0v) is 11.7. The second-order valence-electron chi connectivity index (χ2n) is 5.30. The number of rotatable bonds is 6. The van der Waals surface area contributed by atoms with E-state index in [0.29, 0.717) is 25.4 Å². The first-order valence-corrected chi connectivity index (χ1v) is 7.23.